The Balaban J connectivity index is 2.30. The van der Waals surface area contributed by atoms with Crippen LogP contribution >= 0.6 is 0 Å². The molecule has 0 aliphatic carbocycles. The zero-order valence-electron chi connectivity index (χ0n) is 10.0. The van der Waals surface area contributed by atoms with Gasteiger partial charge in [0.2, 0.25) is 6.33 Å². The number of hydrogen-bond acceptors (Lipinski definition) is 3. The highest BCUT2D eigenvalue weighted by Crippen LogP contribution is 1.97. The Morgan fingerprint density at radius 3 is 2.88 bits per heavy atom. The van der Waals surface area contributed by atoms with Gasteiger partial charge in [-0.05, 0) is 13.3 Å². The molecular formula is C11H19N2O3+. The molecule has 0 amide bonds. The predicted octanol–water partition coefficient (Wildman–Crippen LogP) is 0.628. The number of esters is 1. The van der Waals surface area contributed by atoms with Gasteiger partial charge in [-0.1, -0.05) is 6.92 Å². The van der Waals surface area contributed by atoms with Crippen molar-refractivity contribution >= 4 is 5.97 Å². The van der Waals surface area contributed by atoms with E-state index in [0.29, 0.717) is 6.61 Å². The van der Waals surface area contributed by atoms with Gasteiger partial charge in [0, 0.05) is 0 Å². The molecule has 5 heteroatoms. The molecule has 1 atom stereocenters. The van der Waals surface area contributed by atoms with Crippen molar-refractivity contribution in [3.05, 3.63) is 18.7 Å². The zero-order valence-corrected chi connectivity index (χ0v) is 10.0. The van der Waals surface area contributed by atoms with E-state index in [0.717, 1.165) is 6.42 Å². The third-order valence-electron chi connectivity index (χ3n) is 1.99. The molecule has 0 fully saturated rings. The largest absolute Gasteiger partial charge is 0.433 e. The fourth-order valence-corrected chi connectivity index (χ4v) is 1.28. The van der Waals surface area contributed by atoms with Crippen molar-refractivity contribution in [2.24, 2.45) is 7.05 Å². The topological polar surface area (TPSA) is 44.3 Å². The smallest absolute Gasteiger partial charge is 0.350 e. The Morgan fingerprint density at radius 2 is 2.31 bits per heavy atom. The van der Waals surface area contributed by atoms with Crippen LogP contribution in [0.15, 0.2) is 18.7 Å². The third-order valence-corrected chi connectivity index (χ3v) is 1.99. The van der Waals surface area contributed by atoms with E-state index in [1.54, 1.807) is 11.5 Å². The highest BCUT2D eigenvalue weighted by atomic mass is 16.7. The van der Waals surface area contributed by atoms with Crippen molar-refractivity contribution in [1.82, 2.24) is 4.57 Å². The molecule has 5 nitrogen and oxygen atoms in total. The first-order valence-electron chi connectivity index (χ1n) is 5.44. The Morgan fingerprint density at radius 1 is 1.56 bits per heavy atom. The van der Waals surface area contributed by atoms with Crippen LogP contribution in [0, 0.1) is 0 Å². The number of carbonyl (C=O) groups is 1. The second-order valence-electron chi connectivity index (χ2n) is 3.68. The lowest BCUT2D eigenvalue weighted by Gasteiger charge is -2.12. The molecule has 0 N–H and O–H groups in total. The monoisotopic (exact) mass is 227 g/mol. The van der Waals surface area contributed by atoms with Crippen LogP contribution in [0.2, 0.25) is 0 Å². The number of imidazole rings is 1. The van der Waals surface area contributed by atoms with Gasteiger partial charge in [-0.2, -0.15) is 0 Å². The summed E-state index contributed by atoms with van der Waals surface area (Å²) in [5.74, 6) is -0.292. The van der Waals surface area contributed by atoms with Gasteiger partial charge in [-0.25, -0.2) is 13.9 Å². The summed E-state index contributed by atoms with van der Waals surface area (Å²) in [5.41, 5.74) is 0. The molecule has 90 valence electrons. The van der Waals surface area contributed by atoms with E-state index in [9.17, 15) is 4.79 Å². The summed E-state index contributed by atoms with van der Waals surface area (Å²) in [6.07, 6.45) is 5.94. The summed E-state index contributed by atoms with van der Waals surface area (Å²) in [7, 11) is 1.90. The van der Waals surface area contributed by atoms with Crippen molar-refractivity contribution in [3.63, 3.8) is 0 Å². The minimum absolute atomic E-state index is 0.209. The van der Waals surface area contributed by atoms with E-state index < -0.39 is 6.29 Å². The number of rotatable bonds is 6. The van der Waals surface area contributed by atoms with Crippen molar-refractivity contribution in [2.45, 2.75) is 33.1 Å². The van der Waals surface area contributed by atoms with Gasteiger partial charge in [0.15, 0.2) is 12.8 Å². The molecule has 0 spiro atoms. The fourth-order valence-electron chi connectivity index (χ4n) is 1.28. The molecule has 1 aromatic heterocycles. The number of hydrogen-bond donors (Lipinski definition) is 0. The van der Waals surface area contributed by atoms with E-state index in [1.165, 1.54) is 0 Å². The van der Waals surface area contributed by atoms with Crippen LogP contribution in [0.3, 0.4) is 0 Å². The molecule has 0 aliphatic heterocycles. The Kier molecular flexibility index (Phi) is 4.98. The third kappa shape index (κ3) is 4.44. The fraction of sp³-hybridized carbons (Fsp3) is 0.636. The highest BCUT2D eigenvalue weighted by Gasteiger charge is 2.12. The molecule has 0 saturated heterocycles. The van der Waals surface area contributed by atoms with Gasteiger partial charge >= 0.3 is 5.97 Å². The average molecular weight is 227 g/mol. The second kappa shape index (κ2) is 6.27. The Hall–Kier alpha value is -1.36. The van der Waals surface area contributed by atoms with Gasteiger partial charge in [-0.15, -0.1) is 0 Å². The average Bonchev–Trinajstić information content (AvgIpc) is 2.60. The molecule has 0 saturated carbocycles. The molecule has 0 aliphatic rings. The number of carbonyl (C=O) groups excluding carboxylic acids is 1. The molecule has 1 heterocycles. The van der Waals surface area contributed by atoms with Gasteiger partial charge in [0.05, 0.1) is 13.7 Å². The summed E-state index contributed by atoms with van der Waals surface area (Å²) in [6, 6.07) is 0. The number of ether oxygens (including phenoxy) is 2. The van der Waals surface area contributed by atoms with Crippen molar-refractivity contribution < 1.29 is 18.8 Å². The van der Waals surface area contributed by atoms with Crippen LogP contribution in [0.4, 0.5) is 0 Å². The molecule has 0 aromatic carbocycles. The SMILES string of the molecule is CCCOC(C)OC(=O)Cn1cc[n+](C)c1. The van der Waals surface area contributed by atoms with Crippen LogP contribution < -0.4 is 4.57 Å². The lowest BCUT2D eigenvalue weighted by atomic mass is 10.5. The van der Waals surface area contributed by atoms with Crippen LogP contribution in [0.5, 0.6) is 0 Å². The molecule has 16 heavy (non-hydrogen) atoms. The first-order chi connectivity index (χ1) is 7.61. The van der Waals surface area contributed by atoms with E-state index in [-0.39, 0.29) is 12.5 Å². The molecular weight excluding hydrogens is 208 g/mol. The van der Waals surface area contributed by atoms with Crippen LogP contribution in [0.1, 0.15) is 20.3 Å². The van der Waals surface area contributed by atoms with Crippen LogP contribution in [-0.4, -0.2) is 23.4 Å². The normalized spacial score (nSPS) is 12.4. The minimum Gasteiger partial charge on any atom is -0.433 e. The van der Waals surface area contributed by atoms with Crippen molar-refractivity contribution in [1.29, 1.82) is 0 Å². The first kappa shape index (κ1) is 12.7. The molecule has 1 unspecified atom stereocenters. The summed E-state index contributed by atoms with van der Waals surface area (Å²) < 4.78 is 13.9. The summed E-state index contributed by atoms with van der Waals surface area (Å²) >= 11 is 0. The summed E-state index contributed by atoms with van der Waals surface area (Å²) in [5, 5.41) is 0. The van der Waals surface area contributed by atoms with Crippen LogP contribution in [0.25, 0.3) is 0 Å². The second-order valence-corrected chi connectivity index (χ2v) is 3.68. The molecule has 1 aromatic rings. The summed E-state index contributed by atoms with van der Waals surface area (Å²) in [6.45, 7) is 4.55. The molecule has 1 rings (SSSR count). The van der Waals surface area contributed by atoms with Crippen molar-refractivity contribution in [3.8, 4) is 0 Å². The lowest BCUT2D eigenvalue weighted by molar-refractivity contribution is -0.671. The number of aromatic nitrogens is 2. The van der Waals surface area contributed by atoms with Crippen LogP contribution in [-0.2, 0) is 27.9 Å². The van der Waals surface area contributed by atoms with E-state index in [1.807, 2.05) is 37.3 Å². The lowest BCUT2D eigenvalue weighted by Crippen LogP contribution is -2.25. The standard InChI is InChI=1S/C11H19N2O3/c1-4-7-15-10(2)16-11(14)8-13-6-5-12(3)9-13/h5-6,9-10H,4,7-8H2,1-3H3/q+1. The van der Waals surface area contributed by atoms with Gasteiger partial charge in [-0.3, -0.25) is 0 Å². The maximum Gasteiger partial charge on any atom is 0.350 e. The maximum absolute atomic E-state index is 11.5. The maximum atomic E-state index is 11.5. The van der Waals surface area contributed by atoms with Crippen molar-refractivity contribution in [2.75, 3.05) is 6.61 Å². The highest BCUT2D eigenvalue weighted by molar-refractivity contribution is 5.69. The number of aryl methyl sites for hydroxylation is 1. The van der Waals surface area contributed by atoms with Gasteiger partial charge < -0.3 is 9.47 Å². The van der Waals surface area contributed by atoms with E-state index in [4.69, 9.17) is 9.47 Å². The quantitative estimate of drug-likeness (QED) is 0.407. The zero-order chi connectivity index (χ0) is 12.0. The minimum atomic E-state index is -0.475. The Labute approximate surface area is 95.6 Å². The first-order valence-corrected chi connectivity index (χ1v) is 5.44. The molecule has 0 bridgehead atoms. The van der Waals surface area contributed by atoms with Gasteiger partial charge in [0.25, 0.3) is 0 Å². The predicted molar refractivity (Wildman–Crippen MR) is 57.4 cm³/mol. The summed E-state index contributed by atoms with van der Waals surface area (Å²) in [4.78, 5) is 11.5. The number of nitrogens with zero attached hydrogens (tertiary/aromatic N) is 2. The van der Waals surface area contributed by atoms with Gasteiger partial charge in [0.1, 0.15) is 12.4 Å². The Bertz CT molecular complexity index is 336. The molecule has 0 radical (unpaired) electrons. The van der Waals surface area contributed by atoms with E-state index >= 15 is 0 Å². The van der Waals surface area contributed by atoms with E-state index in [2.05, 4.69) is 0 Å².